The third-order valence-electron chi connectivity index (χ3n) is 4.02. The summed E-state index contributed by atoms with van der Waals surface area (Å²) in [6.45, 7) is 0.972. The molecule has 106 valence electrons. The summed E-state index contributed by atoms with van der Waals surface area (Å²) >= 11 is 0. The molecule has 2 aliphatic rings. The molecule has 0 aliphatic heterocycles. The zero-order chi connectivity index (χ0) is 13.5. The molecular weight excluding hydrogens is 238 g/mol. The molecule has 3 nitrogen and oxygen atoms in total. The molecule has 0 aromatic carbocycles. The number of hydrogen-bond donors (Lipinski definition) is 1. The lowest BCUT2D eigenvalue weighted by Crippen LogP contribution is -2.15. The lowest BCUT2D eigenvalue weighted by atomic mass is 9.90. The molecule has 0 unspecified atom stereocenters. The third kappa shape index (κ3) is 4.83. The molecule has 0 bridgehead atoms. The quantitative estimate of drug-likeness (QED) is 0.801. The van der Waals surface area contributed by atoms with Gasteiger partial charge in [-0.05, 0) is 43.8 Å². The first-order valence-electron chi connectivity index (χ1n) is 7.52. The molecule has 0 spiro atoms. The second kappa shape index (κ2) is 7.49. The monoisotopic (exact) mass is 263 g/mol. The minimum Gasteiger partial charge on any atom is -0.494 e. The molecule has 0 aromatic heterocycles. The number of hydrogen-bond acceptors (Lipinski definition) is 3. The molecule has 2 N–H and O–H groups in total. The van der Waals surface area contributed by atoms with Crippen LogP contribution in [0.25, 0.3) is 0 Å². The zero-order valence-corrected chi connectivity index (χ0v) is 11.7. The van der Waals surface area contributed by atoms with Crippen LogP contribution >= 0.6 is 0 Å². The highest BCUT2D eigenvalue weighted by molar-refractivity contribution is 5.82. The molecule has 2 aliphatic carbocycles. The van der Waals surface area contributed by atoms with Crippen molar-refractivity contribution in [3.63, 3.8) is 0 Å². The molecule has 0 radical (unpaired) electrons. The van der Waals surface area contributed by atoms with Crippen molar-refractivity contribution in [3.8, 4) is 0 Å². The van der Waals surface area contributed by atoms with Crippen molar-refractivity contribution in [2.45, 2.75) is 51.4 Å². The average molecular weight is 263 g/mol. The van der Waals surface area contributed by atoms with E-state index in [4.69, 9.17) is 10.5 Å². The Morgan fingerprint density at radius 2 is 2.11 bits per heavy atom. The SMILES string of the molecule is NCC(=O)CC1=CC(OCC2CCCCC2)=CCC1. The van der Waals surface area contributed by atoms with Crippen molar-refractivity contribution >= 4 is 5.78 Å². The number of ketones is 1. The van der Waals surface area contributed by atoms with Crippen molar-refractivity contribution < 1.29 is 9.53 Å². The Kier molecular flexibility index (Phi) is 5.64. The van der Waals surface area contributed by atoms with E-state index in [9.17, 15) is 4.79 Å². The largest absolute Gasteiger partial charge is 0.494 e. The van der Waals surface area contributed by atoms with E-state index in [2.05, 4.69) is 6.08 Å². The lowest BCUT2D eigenvalue weighted by Gasteiger charge is -2.23. The van der Waals surface area contributed by atoms with Gasteiger partial charge in [0.25, 0.3) is 0 Å². The molecule has 0 atom stereocenters. The van der Waals surface area contributed by atoms with Gasteiger partial charge in [0.15, 0.2) is 0 Å². The standard InChI is InChI=1S/C16H25NO2/c17-11-15(18)9-14-7-4-8-16(10-14)19-12-13-5-2-1-3-6-13/h8,10,13H,1-7,9,11-12,17H2. The van der Waals surface area contributed by atoms with E-state index < -0.39 is 0 Å². The van der Waals surface area contributed by atoms with Gasteiger partial charge in [0.05, 0.1) is 13.2 Å². The van der Waals surface area contributed by atoms with E-state index in [1.165, 1.54) is 32.1 Å². The van der Waals surface area contributed by atoms with E-state index in [1.54, 1.807) is 0 Å². The summed E-state index contributed by atoms with van der Waals surface area (Å²) in [5, 5.41) is 0. The summed E-state index contributed by atoms with van der Waals surface area (Å²) in [6.07, 6.45) is 13.3. The van der Waals surface area contributed by atoms with Crippen LogP contribution in [0.2, 0.25) is 0 Å². The summed E-state index contributed by atoms with van der Waals surface area (Å²) in [5.41, 5.74) is 6.52. The maximum atomic E-state index is 11.4. The van der Waals surface area contributed by atoms with Crippen molar-refractivity contribution in [1.29, 1.82) is 0 Å². The summed E-state index contributed by atoms with van der Waals surface area (Å²) in [4.78, 5) is 11.4. The highest BCUT2D eigenvalue weighted by Gasteiger charge is 2.15. The number of allylic oxidation sites excluding steroid dienone is 3. The van der Waals surface area contributed by atoms with Crippen LogP contribution < -0.4 is 5.73 Å². The maximum Gasteiger partial charge on any atom is 0.150 e. The van der Waals surface area contributed by atoms with Gasteiger partial charge in [0.2, 0.25) is 0 Å². The van der Waals surface area contributed by atoms with Crippen molar-refractivity contribution in [2.75, 3.05) is 13.2 Å². The Hall–Kier alpha value is -1.09. The van der Waals surface area contributed by atoms with Gasteiger partial charge < -0.3 is 10.5 Å². The number of nitrogens with two attached hydrogens (primary N) is 1. The molecule has 3 heteroatoms. The Morgan fingerprint density at radius 1 is 1.32 bits per heavy atom. The zero-order valence-electron chi connectivity index (χ0n) is 11.7. The molecule has 1 fully saturated rings. The van der Waals surface area contributed by atoms with E-state index >= 15 is 0 Å². The van der Waals surface area contributed by atoms with Crippen LogP contribution in [-0.2, 0) is 9.53 Å². The number of ether oxygens (including phenoxy) is 1. The summed E-state index contributed by atoms with van der Waals surface area (Å²) < 4.78 is 5.91. The number of carbonyl (C=O) groups is 1. The molecular formula is C16H25NO2. The predicted molar refractivity (Wildman–Crippen MR) is 76.6 cm³/mol. The average Bonchev–Trinajstić information content (AvgIpc) is 2.46. The van der Waals surface area contributed by atoms with Crippen LogP contribution in [-0.4, -0.2) is 18.9 Å². The first-order chi connectivity index (χ1) is 9.28. The van der Waals surface area contributed by atoms with Crippen molar-refractivity contribution in [1.82, 2.24) is 0 Å². The topological polar surface area (TPSA) is 52.3 Å². The normalized spacial score (nSPS) is 20.7. The van der Waals surface area contributed by atoms with E-state index in [-0.39, 0.29) is 12.3 Å². The van der Waals surface area contributed by atoms with Gasteiger partial charge in [0.1, 0.15) is 11.5 Å². The van der Waals surface area contributed by atoms with Gasteiger partial charge in [-0.3, -0.25) is 4.79 Å². The fraction of sp³-hybridized carbons (Fsp3) is 0.688. The van der Waals surface area contributed by atoms with Crippen LogP contribution in [0.4, 0.5) is 0 Å². The highest BCUT2D eigenvalue weighted by Crippen LogP contribution is 2.26. The van der Waals surface area contributed by atoms with Gasteiger partial charge in [-0.2, -0.15) is 0 Å². The van der Waals surface area contributed by atoms with Crippen molar-refractivity contribution in [3.05, 3.63) is 23.5 Å². The summed E-state index contributed by atoms with van der Waals surface area (Å²) in [6, 6.07) is 0. The smallest absolute Gasteiger partial charge is 0.150 e. The second-order valence-electron chi connectivity index (χ2n) is 5.68. The Morgan fingerprint density at radius 3 is 2.84 bits per heavy atom. The molecule has 0 saturated heterocycles. The molecule has 0 heterocycles. The summed E-state index contributed by atoms with van der Waals surface area (Å²) in [5.74, 6) is 1.79. The molecule has 19 heavy (non-hydrogen) atoms. The van der Waals surface area contributed by atoms with Gasteiger partial charge >= 0.3 is 0 Å². The number of rotatable bonds is 6. The van der Waals surface area contributed by atoms with Gasteiger partial charge in [-0.25, -0.2) is 0 Å². The fourth-order valence-electron chi connectivity index (χ4n) is 2.87. The lowest BCUT2D eigenvalue weighted by molar-refractivity contribution is -0.117. The minimum atomic E-state index is 0.111. The van der Waals surface area contributed by atoms with Crippen LogP contribution in [0.3, 0.4) is 0 Å². The Labute approximate surface area is 115 Å². The number of Topliss-reactive ketones (excluding diaryl/α,β-unsaturated/α-hetero) is 1. The Balaban J connectivity index is 1.79. The van der Waals surface area contributed by atoms with Gasteiger partial charge in [0, 0.05) is 6.42 Å². The van der Waals surface area contributed by atoms with Crippen LogP contribution in [0, 0.1) is 5.92 Å². The van der Waals surface area contributed by atoms with Crippen LogP contribution in [0.15, 0.2) is 23.5 Å². The van der Waals surface area contributed by atoms with Crippen LogP contribution in [0.5, 0.6) is 0 Å². The second-order valence-corrected chi connectivity index (χ2v) is 5.68. The molecule has 2 rings (SSSR count). The van der Waals surface area contributed by atoms with Gasteiger partial charge in [-0.15, -0.1) is 0 Å². The highest BCUT2D eigenvalue weighted by atomic mass is 16.5. The first kappa shape index (κ1) is 14.3. The predicted octanol–water partition coefficient (Wildman–Crippen LogP) is 3.11. The first-order valence-corrected chi connectivity index (χ1v) is 7.52. The van der Waals surface area contributed by atoms with E-state index in [1.807, 2.05) is 6.08 Å². The Bertz CT molecular complexity index is 365. The van der Waals surface area contributed by atoms with E-state index in [0.29, 0.717) is 6.42 Å². The number of carbonyl (C=O) groups excluding carboxylic acids is 1. The molecule has 0 amide bonds. The molecule has 0 aromatic rings. The van der Waals surface area contributed by atoms with Crippen molar-refractivity contribution in [2.24, 2.45) is 11.7 Å². The van der Waals surface area contributed by atoms with Gasteiger partial charge in [-0.1, -0.05) is 24.8 Å². The minimum absolute atomic E-state index is 0.111. The fourth-order valence-corrected chi connectivity index (χ4v) is 2.87. The van der Waals surface area contributed by atoms with Crippen LogP contribution in [0.1, 0.15) is 51.4 Å². The summed E-state index contributed by atoms with van der Waals surface area (Å²) in [7, 11) is 0. The molecule has 1 saturated carbocycles. The van der Waals surface area contributed by atoms with E-state index in [0.717, 1.165) is 36.7 Å². The third-order valence-corrected chi connectivity index (χ3v) is 4.02. The maximum absolute atomic E-state index is 11.4.